The summed E-state index contributed by atoms with van der Waals surface area (Å²) in [5, 5.41) is 5.58. The molecule has 2 aliphatic heterocycles. The molecule has 2 N–H and O–H groups in total. The van der Waals surface area contributed by atoms with E-state index in [0.717, 1.165) is 6.26 Å². The quantitative estimate of drug-likeness (QED) is 0.464. The largest absolute Gasteiger partial charge is 0.433 e. The molecule has 0 saturated carbocycles. The normalized spacial score (nSPS) is 18.1. The molecule has 0 amide bonds. The van der Waals surface area contributed by atoms with Crippen molar-refractivity contribution in [2.45, 2.75) is 24.0 Å². The van der Waals surface area contributed by atoms with Crippen LogP contribution < -0.4 is 10.6 Å². The summed E-state index contributed by atoms with van der Waals surface area (Å²) in [5.41, 5.74) is -0.784. The Morgan fingerprint density at radius 1 is 1.05 bits per heavy atom. The van der Waals surface area contributed by atoms with Gasteiger partial charge in [0.15, 0.2) is 15.5 Å². The molecule has 0 bridgehead atoms. The first-order valence-electron chi connectivity index (χ1n) is 11.3. The second kappa shape index (κ2) is 9.19. The van der Waals surface area contributed by atoms with Crippen molar-refractivity contribution in [3.05, 3.63) is 54.1 Å². The van der Waals surface area contributed by atoms with Crippen LogP contribution in [0.3, 0.4) is 0 Å². The van der Waals surface area contributed by atoms with E-state index in [1.54, 1.807) is 6.92 Å². The number of likely N-dealkylation sites (tertiary alicyclic amines) is 1. The highest BCUT2D eigenvalue weighted by Crippen LogP contribution is 2.44. The Kier molecular flexibility index (Phi) is 6.28. The second-order valence-corrected chi connectivity index (χ2v) is 11.4. The van der Waals surface area contributed by atoms with Crippen LogP contribution in [0.4, 0.5) is 36.4 Å². The van der Waals surface area contributed by atoms with E-state index in [2.05, 4.69) is 30.6 Å². The summed E-state index contributed by atoms with van der Waals surface area (Å²) in [7, 11) is -3.56. The average molecular weight is 536 g/mol. The summed E-state index contributed by atoms with van der Waals surface area (Å²) in [6.07, 6.45) is -0.998. The number of ether oxygens (including phenoxy) is 1. The van der Waals surface area contributed by atoms with Crippen molar-refractivity contribution in [2.75, 3.05) is 43.2 Å². The Hall–Kier alpha value is -3.36. The van der Waals surface area contributed by atoms with E-state index in [1.807, 2.05) is 4.90 Å². The fourth-order valence-corrected chi connectivity index (χ4v) is 5.27. The zero-order valence-electron chi connectivity index (χ0n) is 20.0. The van der Waals surface area contributed by atoms with Crippen molar-refractivity contribution in [3.63, 3.8) is 0 Å². The summed E-state index contributed by atoms with van der Waals surface area (Å²) >= 11 is 0. The van der Waals surface area contributed by atoms with Crippen LogP contribution in [-0.4, -0.2) is 65.8 Å². The van der Waals surface area contributed by atoms with E-state index in [-0.39, 0.29) is 39.1 Å². The number of hydrogen-bond acceptors (Lipinski definition) is 10. The van der Waals surface area contributed by atoms with Gasteiger partial charge in [-0.15, -0.1) is 0 Å². The molecule has 0 radical (unpaired) electrons. The number of pyridine rings is 2. The molecular formula is C23H24F3N7O3S. The average Bonchev–Trinajstić information content (AvgIpc) is 2.76. The zero-order chi connectivity index (χ0) is 26.4. The van der Waals surface area contributed by atoms with Gasteiger partial charge < -0.3 is 15.4 Å². The predicted molar refractivity (Wildman–Crippen MR) is 128 cm³/mol. The fraction of sp³-hybridized carbons (Fsp3) is 0.391. The fourth-order valence-electron chi connectivity index (χ4n) is 4.49. The van der Waals surface area contributed by atoms with Crippen LogP contribution in [0.25, 0.3) is 0 Å². The summed E-state index contributed by atoms with van der Waals surface area (Å²) in [5.74, 6) is 0.362. The van der Waals surface area contributed by atoms with Crippen molar-refractivity contribution < 1.29 is 26.3 Å². The van der Waals surface area contributed by atoms with Crippen LogP contribution in [0.1, 0.15) is 24.2 Å². The summed E-state index contributed by atoms with van der Waals surface area (Å²) in [6.45, 7) is 4.43. The molecule has 2 fully saturated rings. The van der Waals surface area contributed by atoms with Crippen LogP contribution in [0.2, 0.25) is 0 Å². The van der Waals surface area contributed by atoms with Crippen LogP contribution in [0, 0.1) is 5.41 Å². The first-order valence-corrected chi connectivity index (χ1v) is 13.2. The number of anilines is 4. The molecule has 2 aliphatic rings. The van der Waals surface area contributed by atoms with Crippen molar-refractivity contribution in [1.82, 2.24) is 24.8 Å². The Balaban J connectivity index is 1.36. The zero-order valence-corrected chi connectivity index (χ0v) is 20.8. The van der Waals surface area contributed by atoms with E-state index in [0.29, 0.717) is 26.3 Å². The van der Waals surface area contributed by atoms with E-state index in [1.165, 1.54) is 42.9 Å². The van der Waals surface area contributed by atoms with Crippen LogP contribution >= 0.6 is 0 Å². The number of nitrogens with zero attached hydrogens (tertiary/aromatic N) is 5. The molecule has 0 aliphatic carbocycles. The predicted octanol–water partition coefficient (Wildman–Crippen LogP) is 3.57. The van der Waals surface area contributed by atoms with Crippen LogP contribution in [0.15, 0.2) is 47.8 Å². The van der Waals surface area contributed by atoms with E-state index in [4.69, 9.17) is 4.74 Å². The van der Waals surface area contributed by atoms with Crippen molar-refractivity contribution in [2.24, 2.45) is 5.41 Å². The maximum Gasteiger partial charge on any atom is 0.433 e. The van der Waals surface area contributed by atoms with Crippen molar-refractivity contribution in [3.8, 4) is 0 Å². The molecule has 5 heterocycles. The van der Waals surface area contributed by atoms with Crippen LogP contribution in [0.5, 0.6) is 0 Å². The van der Waals surface area contributed by atoms with Gasteiger partial charge in [0, 0.05) is 43.1 Å². The minimum atomic E-state index is -4.65. The third kappa shape index (κ3) is 5.22. The number of alkyl halides is 3. The lowest BCUT2D eigenvalue weighted by atomic mass is 9.76. The van der Waals surface area contributed by atoms with Crippen molar-refractivity contribution in [1.29, 1.82) is 0 Å². The first-order chi connectivity index (χ1) is 17.4. The molecule has 1 atom stereocenters. The molecule has 196 valence electrons. The standard InChI is InChI=1S/C23H24F3N7O3S/c1-14(33-9-22(10-33)11-36-12-22)15-5-6-17(31-20(15)23(24,25)26)30-18-8-19(29-13-28-18)32-21-16(37(2,34)35)4-3-7-27-21/h3-8,13-14H,9-12H2,1-2H3,(H2,27,28,29,30,31,32)/t14-/m1/s1. The highest BCUT2D eigenvalue weighted by Gasteiger charge is 2.51. The molecular weight excluding hydrogens is 511 g/mol. The Morgan fingerprint density at radius 3 is 2.38 bits per heavy atom. The number of aromatic nitrogens is 4. The number of sulfone groups is 1. The SMILES string of the molecule is C[C@H](c1ccc(Nc2cc(Nc3ncccc3S(C)(=O)=O)ncn2)nc1C(F)(F)F)N1CC2(COC2)C1. The Bertz CT molecular complexity index is 1420. The van der Waals surface area contributed by atoms with E-state index < -0.39 is 27.7 Å². The van der Waals surface area contributed by atoms with Gasteiger partial charge in [-0.1, -0.05) is 6.07 Å². The smallest absolute Gasteiger partial charge is 0.380 e. The minimum Gasteiger partial charge on any atom is -0.380 e. The van der Waals surface area contributed by atoms with Gasteiger partial charge in [0.2, 0.25) is 0 Å². The molecule has 0 aromatic carbocycles. The molecule has 10 nitrogen and oxygen atoms in total. The Morgan fingerprint density at radius 2 is 1.76 bits per heavy atom. The summed E-state index contributed by atoms with van der Waals surface area (Å²) in [4.78, 5) is 18.0. The third-order valence-electron chi connectivity index (χ3n) is 6.43. The van der Waals surface area contributed by atoms with Gasteiger partial charge in [0.1, 0.15) is 34.5 Å². The van der Waals surface area contributed by atoms with E-state index in [9.17, 15) is 21.6 Å². The highest BCUT2D eigenvalue weighted by molar-refractivity contribution is 7.90. The summed E-state index contributed by atoms with van der Waals surface area (Å²) in [6, 6.07) is 6.74. The monoisotopic (exact) mass is 535 g/mol. The first kappa shape index (κ1) is 25.3. The molecule has 3 aromatic rings. The molecule has 37 heavy (non-hydrogen) atoms. The maximum atomic E-state index is 14.0. The molecule has 1 spiro atoms. The van der Waals surface area contributed by atoms with E-state index >= 15 is 0 Å². The third-order valence-corrected chi connectivity index (χ3v) is 7.55. The second-order valence-electron chi connectivity index (χ2n) is 9.37. The highest BCUT2D eigenvalue weighted by atomic mass is 32.2. The van der Waals surface area contributed by atoms with Gasteiger partial charge in [-0.3, -0.25) is 4.90 Å². The van der Waals surface area contributed by atoms with Gasteiger partial charge >= 0.3 is 6.18 Å². The molecule has 0 unspecified atom stereocenters. The topological polar surface area (TPSA) is 122 Å². The number of nitrogens with one attached hydrogen (secondary N) is 2. The van der Waals surface area contributed by atoms with Gasteiger partial charge in [0.25, 0.3) is 0 Å². The van der Waals surface area contributed by atoms with Crippen LogP contribution in [-0.2, 0) is 20.8 Å². The number of rotatable bonds is 7. The number of hydrogen-bond donors (Lipinski definition) is 2. The minimum absolute atomic E-state index is 0.0257. The molecule has 14 heteroatoms. The molecule has 5 rings (SSSR count). The molecule has 2 saturated heterocycles. The van der Waals surface area contributed by atoms with Crippen molar-refractivity contribution >= 4 is 33.1 Å². The lowest BCUT2D eigenvalue weighted by Crippen LogP contribution is -2.66. The van der Waals surface area contributed by atoms with Gasteiger partial charge in [-0.05, 0) is 30.7 Å². The Labute approximate surface area is 211 Å². The summed E-state index contributed by atoms with van der Waals surface area (Å²) < 4.78 is 71.2. The lowest BCUT2D eigenvalue weighted by molar-refractivity contribution is -0.198. The molecule has 3 aromatic heterocycles. The van der Waals surface area contributed by atoms with Gasteiger partial charge in [-0.2, -0.15) is 13.2 Å². The lowest BCUT2D eigenvalue weighted by Gasteiger charge is -2.57. The van der Waals surface area contributed by atoms with Gasteiger partial charge in [0.05, 0.1) is 13.2 Å². The number of halogens is 3. The van der Waals surface area contributed by atoms with Gasteiger partial charge in [-0.25, -0.2) is 28.4 Å². The maximum absolute atomic E-state index is 14.0.